The van der Waals surface area contributed by atoms with Gasteiger partial charge in [-0.3, -0.25) is 4.79 Å². The molecule has 0 aliphatic rings. The number of carbonyl (C=O) groups excluding carboxylic acids is 1. The number of ether oxygens (including phenoxy) is 1. The molecule has 0 radical (unpaired) electrons. The van der Waals surface area contributed by atoms with Crippen molar-refractivity contribution < 1.29 is 17.9 Å². The molecule has 2 aromatic carbocycles. The van der Waals surface area contributed by atoms with Crippen LogP contribution in [0, 0.1) is 0 Å². The number of nitrogens with zero attached hydrogens (tertiary/aromatic N) is 2. The predicted octanol–water partition coefficient (Wildman–Crippen LogP) is 2.63. The molecule has 6 nitrogen and oxygen atoms in total. The second-order valence-electron chi connectivity index (χ2n) is 5.78. The summed E-state index contributed by atoms with van der Waals surface area (Å²) in [4.78, 5) is 14.0. The number of rotatable bonds is 7. The van der Waals surface area contributed by atoms with Gasteiger partial charge in [0.15, 0.2) is 0 Å². The van der Waals surface area contributed by atoms with Crippen molar-refractivity contribution in [3.05, 3.63) is 59.1 Å². The molecule has 140 valence electrons. The van der Waals surface area contributed by atoms with Crippen LogP contribution in [-0.4, -0.2) is 51.3 Å². The van der Waals surface area contributed by atoms with Crippen molar-refractivity contribution in [2.45, 2.75) is 11.4 Å². The number of halogens is 1. The summed E-state index contributed by atoms with van der Waals surface area (Å²) in [5, 5.41) is 0.444. The van der Waals surface area contributed by atoms with Crippen LogP contribution in [0.1, 0.15) is 5.56 Å². The monoisotopic (exact) mass is 396 g/mol. The molecule has 0 spiro atoms. The maximum Gasteiger partial charge on any atom is 0.243 e. The molecule has 0 aliphatic carbocycles. The first kappa shape index (κ1) is 20.2. The van der Waals surface area contributed by atoms with Crippen molar-refractivity contribution in [3.8, 4) is 5.75 Å². The van der Waals surface area contributed by atoms with E-state index in [0.717, 1.165) is 9.87 Å². The molecule has 0 saturated heterocycles. The van der Waals surface area contributed by atoms with E-state index in [1.807, 2.05) is 24.3 Å². The molecule has 0 heterocycles. The quantitative estimate of drug-likeness (QED) is 0.721. The van der Waals surface area contributed by atoms with E-state index in [-0.39, 0.29) is 17.3 Å². The van der Waals surface area contributed by atoms with Crippen LogP contribution in [0.5, 0.6) is 5.75 Å². The highest BCUT2D eigenvalue weighted by molar-refractivity contribution is 7.89. The van der Waals surface area contributed by atoms with Gasteiger partial charge in [-0.05, 0) is 30.3 Å². The summed E-state index contributed by atoms with van der Waals surface area (Å²) in [6.07, 6.45) is 0. The molecule has 2 aromatic rings. The molecular weight excluding hydrogens is 376 g/mol. The number of hydrogen-bond donors (Lipinski definition) is 0. The SMILES string of the molecule is COc1ccccc1CN(C)C(=O)CN(C)S(=O)(=O)c1ccc(Cl)cc1. The lowest BCUT2D eigenvalue weighted by Gasteiger charge is -2.22. The van der Waals surface area contributed by atoms with E-state index >= 15 is 0 Å². The minimum Gasteiger partial charge on any atom is -0.496 e. The van der Waals surface area contributed by atoms with Gasteiger partial charge in [0, 0.05) is 31.2 Å². The third kappa shape index (κ3) is 4.75. The Labute approximate surface area is 159 Å². The van der Waals surface area contributed by atoms with Crippen LogP contribution in [0.25, 0.3) is 0 Å². The van der Waals surface area contributed by atoms with Gasteiger partial charge in [-0.15, -0.1) is 0 Å². The first-order valence-electron chi connectivity index (χ1n) is 7.83. The standard InChI is InChI=1S/C18H21ClN2O4S/c1-20(12-14-6-4-5-7-17(14)25-3)18(22)13-21(2)26(23,24)16-10-8-15(19)9-11-16/h4-11H,12-13H2,1-3H3. The summed E-state index contributed by atoms with van der Waals surface area (Å²) in [6.45, 7) is 0.0499. The summed E-state index contributed by atoms with van der Waals surface area (Å²) in [6, 6.07) is 13.2. The first-order chi connectivity index (χ1) is 12.3. The summed E-state index contributed by atoms with van der Waals surface area (Å²) in [5.41, 5.74) is 0.842. The molecule has 0 N–H and O–H groups in total. The molecule has 0 saturated carbocycles. The molecule has 0 unspecified atom stereocenters. The number of carbonyl (C=O) groups is 1. The van der Waals surface area contributed by atoms with Crippen LogP contribution in [0.3, 0.4) is 0 Å². The van der Waals surface area contributed by atoms with Crippen molar-refractivity contribution in [2.75, 3.05) is 27.7 Å². The van der Waals surface area contributed by atoms with E-state index in [2.05, 4.69) is 0 Å². The Morgan fingerprint density at radius 2 is 1.69 bits per heavy atom. The van der Waals surface area contributed by atoms with E-state index in [1.165, 1.54) is 36.2 Å². The molecule has 1 amide bonds. The van der Waals surface area contributed by atoms with Crippen LogP contribution in [0.15, 0.2) is 53.4 Å². The van der Waals surface area contributed by atoms with Crippen LogP contribution in [0.2, 0.25) is 5.02 Å². The molecule has 26 heavy (non-hydrogen) atoms. The van der Waals surface area contributed by atoms with Gasteiger partial charge < -0.3 is 9.64 Å². The number of hydrogen-bond acceptors (Lipinski definition) is 4. The van der Waals surface area contributed by atoms with Gasteiger partial charge in [-0.25, -0.2) is 8.42 Å². The normalized spacial score (nSPS) is 11.4. The minimum atomic E-state index is -3.77. The van der Waals surface area contributed by atoms with Crippen LogP contribution >= 0.6 is 11.6 Å². The zero-order chi connectivity index (χ0) is 19.3. The van der Waals surface area contributed by atoms with Gasteiger partial charge >= 0.3 is 0 Å². The van der Waals surface area contributed by atoms with Crippen molar-refractivity contribution in [2.24, 2.45) is 0 Å². The Balaban J connectivity index is 2.07. The Bertz CT molecular complexity index is 869. The molecule has 0 aromatic heterocycles. The van der Waals surface area contributed by atoms with Crippen molar-refractivity contribution in [1.29, 1.82) is 0 Å². The number of amides is 1. The van der Waals surface area contributed by atoms with Crippen molar-refractivity contribution >= 4 is 27.5 Å². The lowest BCUT2D eigenvalue weighted by Crippen LogP contribution is -2.39. The van der Waals surface area contributed by atoms with Gasteiger partial charge in [0.2, 0.25) is 15.9 Å². The van der Waals surface area contributed by atoms with Crippen LogP contribution in [0.4, 0.5) is 0 Å². The third-order valence-electron chi connectivity index (χ3n) is 3.91. The van der Waals surface area contributed by atoms with Crippen molar-refractivity contribution in [1.82, 2.24) is 9.21 Å². The second kappa shape index (κ2) is 8.53. The van der Waals surface area contributed by atoms with E-state index < -0.39 is 10.0 Å². The van der Waals surface area contributed by atoms with Gasteiger partial charge in [-0.1, -0.05) is 29.8 Å². The summed E-state index contributed by atoms with van der Waals surface area (Å²) >= 11 is 5.79. The van der Waals surface area contributed by atoms with E-state index in [4.69, 9.17) is 16.3 Å². The number of benzene rings is 2. The minimum absolute atomic E-state index is 0.0876. The third-order valence-corrected chi connectivity index (χ3v) is 5.98. The van der Waals surface area contributed by atoms with Crippen molar-refractivity contribution in [3.63, 3.8) is 0 Å². The maximum atomic E-state index is 12.6. The summed E-state index contributed by atoms with van der Waals surface area (Å²) in [5.74, 6) is 0.352. The zero-order valence-corrected chi connectivity index (χ0v) is 16.4. The fourth-order valence-electron chi connectivity index (χ4n) is 2.36. The number of para-hydroxylation sites is 1. The summed E-state index contributed by atoms with van der Waals surface area (Å²) < 4.78 is 31.4. The van der Waals surface area contributed by atoms with Gasteiger partial charge in [0.1, 0.15) is 5.75 Å². The highest BCUT2D eigenvalue weighted by atomic mass is 35.5. The van der Waals surface area contributed by atoms with Gasteiger partial charge in [0.05, 0.1) is 18.6 Å². The summed E-state index contributed by atoms with van der Waals surface area (Å²) in [7, 11) is 0.791. The Morgan fingerprint density at radius 1 is 1.08 bits per heavy atom. The van der Waals surface area contributed by atoms with E-state index in [0.29, 0.717) is 17.3 Å². The molecule has 8 heteroatoms. The Kier molecular flexibility index (Phi) is 6.63. The highest BCUT2D eigenvalue weighted by Gasteiger charge is 2.24. The fourth-order valence-corrected chi connectivity index (χ4v) is 3.61. The Morgan fingerprint density at radius 3 is 2.31 bits per heavy atom. The average molecular weight is 397 g/mol. The molecular formula is C18H21ClN2O4S. The molecule has 0 atom stereocenters. The van der Waals surface area contributed by atoms with E-state index in [1.54, 1.807) is 14.2 Å². The average Bonchev–Trinajstić information content (AvgIpc) is 2.62. The number of sulfonamides is 1. The van der Waals surface area contributed by atoms with Crippen LogP contribution in [-0.2, 0) is 21.4 Å². The second-order valence-corrected chi connectivity index (χ2v) is 8.26. The first-order valence-corrected chi connectivity index (χ1v) is 9.65. The lowest BCUT2D eigenvalue weighted by molar-refractivity contribution is -0.130. The smallest absolute Gasteiger partial charge is 0.243 e. The molecule has 0 fully saturated rings. The van der Waals surface area contributed by atoms with Gasteiger partial charge in [0.25, 0.3) is 0 Å². The predicted molar refractivity (Wildman–Crippen MR) is 101 cm³/mol. The molecule has 0 aliphatic heterocycles. The van der Waals surface area contributed by atoms with E-state index in [9.17, 15) is 13.2 Å². The molecule has 0 bridgehead atoms. The topological polar surface area (TPSA) is 66.9 Å². The Hall–Kier alpha value is -2.09. The number of methoxy groups -OCH3 is 1. The largest absolute Gasteiger partial charge is 0.496 e. The highest BCUT2D eigenvalue weighted by Crippen LogP contribution is 2.20. The number of likely N-dealkylation sites (N-methyl/N-ethyl adjacent to an activating group) is 2. The van der Waals surface area contributed by atoms with Gasteiger partial charge in [-0.2, -0.15) is 4.31 Å². The zero-order valence-electron chi connectivity index (χ0n) is 14.8. The maximum absolute atomic E-state index is 12.6. The fraction of sp³-hybridized carbons (Fsp3) is 0.278. The molecule has 2 rings (SSSR count). The lowest BCUT2D eigenvalue weighted by atomic mass is 10.2. The van der Waals surface area contributed by atoms with Crippen LogP contribution < -0.4 is 4.74 Å².